The van der Waals surface area contributed by atoms with Gasteiger partial charge in [0.05, 0.1) is 5.41 Å². The third-order valence-corrected chi connectivity index (χ3v) is 2.54. The molecule has 0 aromatic heterocycles. The van der Waals surface area contributed by atoms with Crippen molar-refractivity contribution in [1.82, 2.24) is 5.32 Å². The van der Waals surface area contributed by atoms with Crippen molar-refractivity contribution in [3.8, 4) is 0 Å². The number of carbonyl (C=O) groups is 1. The zero-order valence-corrected chi connectivity index (χ0v) is 9.59. The van der Waals surface area contributed by atoms with Crippen molar-refractivity contribution in [2.45, 2.75) is 19.3 Å². The first-order valence-corrected chi connectivity index (χ1v) is 5.13. The van der Waals surface area contributed by atoms with Gasteiger partial charge in [-0.05, 0) is 31.5 Å². The largest absolute Gasteiger partial charge is 0.352 e. The minimum atomic E-state index is -0.670. The zero-order chi connectivity index (χ0) is 12.2. The summed E-state index contributed by atoms with van der Waals surface area (Å²) >= 11 is 0. The molecular weight excluding hydrogens is 205 g/mol. The minimum absolute atomic E-state index is 0.0981. The molecule has 1 aromatic rings. The summed E-state index contributed by atoms with van der Waals surface area (Å²) in [6, 6.07) is 5.97. The quantitative estimate of drug-likeness (QED) is 0.777. The Morgan fingerprint density at radius 2 is 2.00 bits per heavy atom. The van der Waals surface area contributed by atoms with Crippen molar-refractivity contribution in [2.75, 3.05) is 6.54 Å². The summed E-state index contributed by atoms with van der Waals surface area (Å²) in [5, 5.41) is 2.73. The molecule has 1 aromatic carbocycles. The summed E-state index contributed by atoms with van der Waals surface area (Å²) in [4.78, 5) is 11.9. The van der Waals surface area contributed by atoms with E-state index in [0.29, 0.717) is 6.54 Å². The second-order valence-electron chi connectivity index (χ2n) is 4.13. The zero-order valence-electron chi connectivity index (χ0n) is 9.59. The number of hydrogen-bond acceptors (Lipinski definition) is 1. The number of amides is 1. The van der Waals surface area contributed by atoms with Crippen LogP contribution < -0.4 is 5.32 Å². The highest BCUT2D eigenvalue weighted by Gasteiger charge is 2.29. The Balaban J connectivity index is 2.87. The lowest BCUT2D eigenvalue weighted by Gasteiger charge is -2.23. The average molecular weight is 221 g/mol. The first-order chi connectivity index (χ1) is 7.48. The number of benzene rings is 1. The van der Waals surface area contributed by atoms with Gasteiger partial charge in [0.1, 0.15) is 5.82 Å². The van der Waals surface area contributed by atoms with Crippen LogP contribution in [-0.2, 0) is 10.2 Å². The topological polar surface area (TPSA) is 29.1 Å². The van der Waals surface area contributed by atoms with E-state index in [-0.39, 0.29) is 11.7 Å². The highest BCUT2D eigenvalue weighted by atomic mass is 19.1. The van der Waals surface area contributed by atoms with Gasteiger partial charge in [-0.25, -0.2) is 4.39 Å². The van der Waals surface area contributed by atoms with E-state index in [1.165, 1.54) is 12.1 Å². The molecule has 0 bridgehead atoms. The molecule has 0 saturated carbocycles. The van der Waals surface area contributed by atoms with Crippen molar-refractivity contribution >= 4 is 5.91 Å². The fourth-order valence-corrected chi connectivity index (χ4v) is 1.38. The maximum atomic E-state index is 12.8. The van der Waals surface area contributed by atoms with Crippen LogP contribution in [-0.4, -0.2) is 12.5 Å². The van der Waals surface area contributed by atoms with E-state index < -0.39 is 5.41 Å². The predicted molar refractivity (Wildman–Crippen MR) is 62.6 cm³/mol. The lowest BCUT2D eigenvalue weighted by molar-refractivity contribution is -0.125. The molecule has 0 fully saturated rings. The second kappa shape index (κ2) is 4.92. The minimum Gasteiger partial charge on any atom is -0.352 e. The lowest BCUT2D eigenvalue weighted by atomic mass is 9.84. The molecule has 0 aliphatic rings. The molecule has 1 amide bonds. The van der Waals surface area contributed by atoms with Crippen LogP contribution in [0.1, 0.15) is 19.4 Å². The van der Waals surface area contributed by atoms with E-state index in [2.05, 4.69) is 11.9 Å². The number of nitrogens with one attached hydrogen (secondary N) is 1. The third kappa shape index (κ3) is 2.69. The average Bonchev–Trinajstić information content (AvgIpc) is 2.26. The Morgan fingerprint density at radius 3 is 2.50 bits per heavy atom. The normalized spacial score (nSPS) is 10.9. The maximum absolute atomic E-state index is 12.8. The summed E-state index contributed by atoms with van der Waals surface area (Å²) in [6.07, 6.45) is 1.62. The van der Waals surface area contributed by atoms with Gasteiger partial charge in [0, 0.05) is 6.54 Å². The van der Waals surface area contributed by atoms with Gasteiger partial charge in [-0.3, -0.25) is 4.79 Å². The van der Waals surface area contributed by atoms with Gasteiger partial charge in [-0.1, -0.05) is 18.2 Å². The standard InChI is InChI=1S/C13H16FNO/c1-4-9-15-12(16)13(2,3)10-5-7-11(14)8-6-10/h4-8H,1,9H2,2-3H3,(H,15,16). The summed E-state index contributed by atoms with van der Waals surface area (Å²) in [6.45, 7) is 7.58. The van der Waals surface area contributed by atoms with Gasteiger partial charge < -0.3 is 5.32 Å². The van der Waals surface area contributed by atoms with Crippen LogP contribution in [0.15, 0.2) is 36.9 Å². The Hall–Kier alpha value is -1.64. The number of hydrogen-bond donors (Lipinski definition) is 1. The molecule has 1 N–H and O–H groups in total. The second-order valence-corrected chi connectivity index (χ2v) is 4.13. The highest BCUT2D eigenvalue weighted by Crippen LogP contribution is 2.23. The lowest BCUT2D eigenvalue weighted by Crippen LogP contribution is -2.40. The summed E-state index contributed by atoms with van der Waals surface area (Å²) in [5.74, 6) is -0.398. The van der Waals surface area contributed by atoms with Crippen LogP contribution in [0, 0.1) is 5.82 Å². The molecule has 0 unspecified atom stereocenters. The molecule has 0 atom stereocenters. The van der Waals surface area contributed by atoms with Gasteiger partial charge in [-0.2, -0.15) is 0 Å². The van der Waals surface area contributed by atoms with E-state index in [0.717, 1.165) is 5.56 Å². The number of carbonyl (C=O) groups excluding carboxylic acids is 1. The first-order valence-electron chi connectivity index (χ1n) is 5.13. The molecule has 0 radical (unpaired) electrons. The van der Waals surface area contributed by atoms with Crippen LogP contribution in [0.4, 0.5) is 4.39 Å². The molecule has 0 aliphatic carbocycles. The van der Waals surface area contributed by atoms with E-state index in [1.807, 2.05) is 0 Å². The summed E-state index contributed by atoms with van der Waals surface area (Å²) in [5.41, 5.74) is 0.118. The fraction of sp³-hybridized carbons (Fsp3) is 0.308. The van der Waals surface area contributed by atoms with Crippen LogP contribution in [0.2, 0.25) is 0 Å². The molecule has 0 aliphatic heterocycles. The van der Waals surface area contributed by atoms with Crippen molar-refractivity contribution in [1.29, 1.82) is 0 Å². The Bertz CT molecular complexity index is 381. The monoisotopic (exact) mass is 221 g/mol. The van der Waals surface area contributed by atoms with Crippen molar-refractivity contribution < 1.29 is 9.18 Å². The molecule has 1 rings (SSSR count). The van der Waals surface area contributed by atoms with Crippen LogP contribution >= 0.6 is 0 Å². The van der Waals surface area contributed by atoms with Crippen molar-refractivity contribution in [3.05, 3.63) is 48.3 Å². The van der Waals surface area contributed by atoms with E-state index in [4.69, 9.17) is 0 Å². The van der Waals surface area contributed by atoms with Gasteiger partial charge in [0.25, 0.3) is 0 Å². The highest BCUT2D eigenvalue weighted by molar-refractivity contribution is 5.87. The van der Waals surface area contributed by atoms with Gasteiger partial charge in [-0.15, -0.1) is 6.58 Å². The molecule has 0 spiro atoms. The van der Waals surface area contributed by atoms with Crippen LogP contribution in [0.5, 0.6) is 0 Å². The Morgan fingerprint density at radius 1 is 1.44 bits per heavy atom. The van der Waals surface area contributed by atoms with Crippen LogP contribution in [0.25, 0.3) is 0 Å². The number of rotatable bonds is 4. The van der Waals surface area contributed by atoms with E-state index in [9.17, 15) is 9.18 Å². The van der Waals surface area contributed by atoms with E-state index >= 15 is 0 Å². The molecule has 2 nitrogen and oxygen atoms in total. The van der Waals surface area contributed by atoms with Crippen LogP contribution in [0.3, 0.4) is 0 Å². The first kappa shape index (κ1) is 12.4. The Labute approximate surface area is 95.2 Å². The molecule has 3 heteroatoms. The number of halogens is 1. The molecule has 0 saturated heterocycles. The van der Waals surface area contributed by atoms with Crippen molar-refractivity contribution in [2.24, 2.45) is 0 Å². The molecule has 16 heavy (non-hydrogen) atoms. The summed E-state index contributed by atoms with van der Waals surface area (Å²) < 4.78 is 12.8. The Kier molecular flexibility index (Phi) is 3.82. The third-order valence-electron chi connectivity index (χ3n) is 2.54. The van der Waals surface area contributed by atoms with E-state index in [1.54, 1.807) is 32.1 Å². The molecular formula is C13H16FNO. The maximum Gasteiger partial charge on any atom is 0.230 e. The molecule has 86 valence electrons. The van der Waals surface area contributed by atoms with Gasteiger partial charge in [0.2, 0.25) is 5.91 Å². The van der Waals surface area contributed by atoms with Gasteiger partial charge in [0.15, 0.2) is 0 Å². The smallest absolute Gasteiger partial charge is 0.230 e. The summed E-state index contributed by atoms with van der Waals surface area (Å²) in [7, 11) is 0. The van der Waals surface area contributed by atoms with Gasteiger partial charge >= 0.3 is 0 Å². The van der Waals surface area contributed by atoms with Crippen molar-refractivity contribution in [3.63, 3.8) is 0 Å². The fourth-order valence-electron chi connectivity index (χ4n) is 1.38. The predicted octanol–water partition coefficient (Wildman–Crippen LogP) is 2.41. The molecule has 0 heterocycles. The SMILES string of the molecule is C=CCNC(=O)C(C)(C)c1ccc(F)cc1.